The third-order valence-electron chi connectivity index (χ3n) is 4.43. The second-order valence-electron chi connectivity index (χ2n) is 6.66. The summed E-state index contributed by atoms with van der Waals surface area (Å²) in [6.45, 7) is 10.4. The monoisotopic (exact) mass is 279 g/mol. The van der Waals surface area contributed by atoms with Crippen LogP contribution in [0.1, 0.15) is 58.3 Å². The van der Waals surface area contributed by atoms with E-state index in [-0.39, 0.29) is 0 Å². The minimum Gasteiger partial charge on any atom is -0.467 e. The zero-order valence-electron chi connectivity index (χ0n) is 13.3. The molecule has 1 heterocycles. The maximum absolute atomic E-state index is 6.01. The van der Waals surface area contributed by atoms with Gasteiger partial charge in [0.15, 0.2) is 0 Å². The first-order chi connectivity index (χ1) is 9.54. The molecule has 0 spiro atoms. The summed E-state index contributed by atoms with van der Waals surface area (Å²) < 4.78 is 11.6. The van der Waals surface area contributed by atoms with E-state index in [1.165, 1.54) is 24.8 Å². The maximum atomic E-state index is 6.01. The molecule has 1 aliphatic rings. The molecule has 3 atom stereocenters. The minimum absolute atomic E-state index is 0.406. The van der Waals surface area contributed by atoms with Gasteiger partial charge in [-0.1, -0.05) is 27.7 Å². The lowest BCUT2D eigenvalue weighted by atomic mass is 9.80. The highest BCUT2D eigenvalue weighted by atomic mass is 16.5. The van der Waals surface area contributed by atoms with Crippen LogP contribution < -0.4 is 5.32 Å². The van der Waals surface area contributed by atoms with Crippen molar-refractivity contribution in [3.8, 4) is 0 Å². The van der Waals surface area contributed by atoms with Crippen LogP contribution in [-0.4, -0.2) is 12.1 Å². The zero-order valence-corrected chi connectivity index (χ0v) is 13.3. The van der Waals surface area contributed by atoms with E-state index in [1.807, 2.05) is 6.26 Å². The topological polar surface area (TPSA) is 34.4 Å². The van der Waals surface area contributed by atoms with Gasteiger partial charge in [0, 0.05) is 18.2 Å². The molecule has 20 heavy (non-hydrogen) atoms. The highest BCUT2D eigenvalue weighted by Gasteiger charge is 2.25. The van der Waals surface area contributed by atoms with Crippen molar-refractivity contribution in [1.82, 2.24) is 5.32 Å². The van der Waals surface area contributed by atoms with Crippen LogP contribution in [-0.2, 0) is 17.9 Å². The lowest BCUT2D eigenvalue weighted by Crippen LogP contribution is -2.26. The van der Waals surface area contributed by atoms with Crippen LogP contribution in [0.4, 0.5) is 0 Å². The van der Waals surface area contributed by atoms with Crippen molar-refractivity contribution >= 4 is 0 Å². The number of ether oxygens (including phenoxy) is 1. The Kier molecular flexibility index (Phi) is 5.67. The average molecular weight is 279 g/mol. The van der Waals surface area contributed by atoms with E-state index < -0.39 is 0 Å². The van der Waals surface area contributed by atoms with Crippen molar-refractivity contribution in [2.24, 2.45) is 11.8 Å². The van der Waals surface area contributed by atoms with Crippen LogP contribution in [0.25, 0.3) is 0 Å². The normalized spacial score (nSPS) is 27.1. The molecule has 1 aromatic heterocycles. The fourth-order valence-corrected chi connectivity index (χ4v) is 2.77. The molecule has 1 N–H and O–H groups in total. The van der Waals surface area contributed by atoms with Gasteiger partial charge in [0.2, 0.25) is 0 Å². The molecule has 0 aromatic carbocycles. The van der Waals surface area contributed by atoms with Crippen molar-refractivity contribution in [2.75, 3.05) is 0 Å². The molecule has 1 saturated carbocycles. The van der Waals surface area contributed by atoms with Crippen molar-refractivity contribution in [3.05, 3.63) is 23.7 Å². The minimum atomic E-state index is 0.406. The van der Waals surface area contributed by atoms with Crippen LogP contribution in [0.15, 0.2) is 16.7 Å². The first kappa shape index (κ1) is 15.6. The Hall–Kier alpha value is -0.800. The number of hydrogen-bond donors (Lipinski definition) is 1. The fourth-order valence-electron chi connectivity index (χ4n) is 2.77. The molecule has 0 saturated heterocycles. The van der Waals surface area contributed by atoms with Gasteiger partial charge >= 0.3 is 0 Å². The lowest BCUT2D eigenvalue weighted by Gasteiger charge is -2.31. The van der Waals surface area contributed by atoms with E-state index in [0.29, 0.717) is 18.8 Å². The van der Waals surface area contributed by atoms with E-state index >= 15 is 0 Å². The van der Waals surface area contributed by atoms with Crippen LogP contribution in [0.5, 0.6) is 0 Å². The largest absolute Gasteiger partial charge is 0.467 e. The highest BCUT2D eigenvalue weighted by molar-refractivity contribution is 5.12. The highest BCUT2D eigenvalue weighted by Crippen LogP contribution is 2.31. The van der Waals surface area contributed by atoms with Crippen LogP contribution in [0.2, 0.25) is 0 Å². The lowest BCUT2D eigenvalue weighted by molar-refractivity contribution is -0.0139. The summed E-state index contributed by atoms with van der Waals surface area (Å²) in [5.74, 6) is 2.56. The molecule has 1 fully saturated rings. The molecule has 0 radical (unpaired) electrons. The molecule has 3 heteroatoms. The van der Waals surface area contributed by atoms with Gasteiger partial charge in [0.05, 0.1) is 12.4 Å². The van der Waals surface area contributed by atoms with Gasteiger partial charge in [0.1, 0.15) is 12.4 Å². The quantitative estimate of drug-likeness (QED) is 0.850. The van der Waals surface area contributed by atoms with E-state index in [9.17, 15) is 0 Å². The molecule has 0 amide bonds. The van der Waals surface area contributed by atoms with Crippen LogP contribution >= 0.6 is 0 Å². The third-order valence-corrected chi connectivity index (χ3v) is 4.43. The third kappa shape index (κ3) is 4.64. The van der Waals surface area contributed by atoms with Gasteiger partial charge in [-0.2, -0.15) is 0 Å². The van der Waals surface area contributed by atoms with Gasteiger partial charge in [-0.3, -0.25) is 0 Å². The summed E-state index contributed by atoms with van der Waals surface area (Å²) in [6, 6.07) is 2.60. The predicted molar refractivity (Wildman–Crippen MR) is 81.4 cm³/mol. The Morgan fingerprint density at radius 3 is 2.80 bits per heavy atom. The Labute approximate surface area is 123 Å². The number of rotatable bonds is 6. The molecule has 2 rings (SSSR count). The van der Waals surface area contributed by atoms with Gasteiger partial charge in [0.25, 0.3) is 0 Å². The molecule has 1 aliphatic carbocycles. The van der Waals surface area contributed by atoms with E-state index in [2.05, 4.69) is 39.1 Å². The van der Waals surface area contributed by atoms with Gasteiger partial charge < -0.3 is 14.5 Å². The molecular formula is C17H29NO2. The van der Waals surface area contributed by atoms with Crippen molar-refractivity contribution in [3.63, 3.8) is 0 Å². The maximum Gasteiger partial charge on any atom is 0.129 e. The molecule has 114 valence electrons. The summed E-state index contributed by atoms with van der Waals surface area (Å²) in [5.41, 5.74) is 1.20. The molecule has 0 bridgehead atoms. The summed E-state index contributed by atoms with van der Waals surface area (Å²) in [5, 5.41) is 3.39. The number of nitrogens with one attached hydrogen (secondary N) is 1. The number of furan rings is 1. The summed E-state index contributed by atoms with van der Waals surface area (Å²) >= 11 is 0. The summed E-state index contributed by atoms with van der Waals surface area (Å²) in [7, 11) is 0. The molecule has 3 nitrogen and oxygen atoms in total. The van der Waals surface area contributed by atoms with Crippen LogP contribution in [0.3, 0.4) is 0 Å². The average Bonchev–Trinajstić information content (AvgIpc) is 2.86. The smallest absolute Gasteiger partial charge is 0.129 e. The van der Waals surface area contributed by atoms with Crippen LogP contribution in [0, 0.1) is 11.8 Å². The van der Waals surface area contributed by atoms with Crippen molar-refractivity contribution in [1.29, 1.82) is 0 Å². The van der Waals surface area contributed by atoms with Gasteiger partial charge in [-0.05, 0) is 37.2 Å². The Balaban J connectivity index is 1.74. The second-order valence-corrected chi connectivity index (χ2v) is 6.66. The predicted octanol–water partition coefficient (Wildman–Crippen LogP) is 4.12. The Morgan fingerprint density at radius 1 is 1.30 bits per heavy atom. The second kappa shape index (κ2) is 7.28. The van der Waals surface area contributed by atoms with Gasteiger partial charge in [-0.15, -0.1) is 0 Å². The Bertz CT molecular complexity index is 399. The van der Waals surface area contributed by atoms with E-state index in [0.717, 1.165) is 24.1 Å². The van der Waals surface area contributed by atoms with E-state index in [1.54, 1.807) is 0 Å². The molecule has 0 aliphatic heterocycles. The molecule has 3 unspecified atom stereocenters. The number of hydrogen-bond acceptors (Lipinski definition) is 3. The summed E-state index contributed by atoms with van der Waals surface area (Å²) in [4.78, 5) is 0. The van der Waals surface area contributed by atoms with Crippen molar-refractivity contribution < 1.29 is 9.15 Å². The first-order valence-electron chi connectivity index (χ1n) is 7.96. The van der Waals surface area contributed by atoms with Gasteiger partial charge in [-0.25, -0.2) is 0 Å². The Morgan fingerprint density at radius 2 is 2.10 bits per heavy atom. The summed E-state index contributed by atoms with van der Waals surface area (Å²) in [6.07, 6.45) is 5.90. The zero-order chi connectivity index (χ0) is 14.5. The van der Waals surface area contributed by atoms with E-state index in [4.69, 9.17) is 9.15 Å². The fraction of sp³-hybridized carbons (Fsp3) is 0.765. The standard InChI is InChI=1S/C17H29NO2/c1-12(2)18-9-15-8-17(19-10-15)11-20-16-6-5-13(3)14(4)7-16/h8,10,12-14,16,18H,5-7,9,11H2,1-4H3. The molecular weight excluding hydrogens is 250 g/mol. The SMILES string of the molecule is CC(C)NCc1coc(COC2CCC(C)C(C)C2)c1. The molecule has 1 aromatic rings. The first-order valence-corrected chi connectivity index (χ1v) is 7.96. The van der Waals surface area contributed by atoms with Crippen molar-refractivity contribution in [2.45, 2.75) is 72.3 Å².